The molecule has 0 unspecified atom stereocenters. The van der Waals surface area contributed by atoms with Crippen LogP contribution in [0.25, 0.3) is 0 Å². The fourth-order valence-corrected chi connectivity index (χ4v) is 4.24. The number of rotatable bonds is 5. The third-order valence-electron chi connectivity index (χ3n) is 3.68. The summed E-state index contributed by atoms with van der Waals surface area (Å²) in [5, 5.41) is 0. The molecule has 0 saturated carbocycles. The first-order valence-corrected chi connectivity index (χ1v) is 8.62. The minimum absolute atomic E-state index is 0.00942. The highest BCUT2D eigenvalue weighted by atomic mass is 32.2. The van der Waals surface area contributed by atoms with Gasteiger partial charge in [0.1, 0.15) is 6.04 Å². The van der Waals surface area contributed by atoms with Crippen LogP contribution < -0.4 is 0 Å². The van der Waals surface area contributed by atoms with Crippen molar-refractivity contribution < 1.29 is 17.9 Å². The van der Waals surface area contributed by atoms with E-state index in [1.165, 1.54) is 11.4 Å². The Labute approximate surface area is 125 Å². The predicted octanol–water partition coefficient (Wildman–Crippen LogP) is 0.981. The SMILES string of the molecule is COC(=O)[C@H]1CCCCN1S(=O)(=O)CCc1ccncc1. The van der Waals surface area contributed by atoms with Crippen molar-refractivity contribution >= 4 is 16.0 Å². The number of pyridine rings is 1. The van der Waals surface area contributed by atoms with Crippen LogP contribution in [0.5, 0.6) is 0 Å². The molecule has 6 nitrogen and oxygen atoms in total. The average molecular weight is 312 g/mol. The lowest BCUT2D eigenvalue weighted by Gasteiger charge is -2.32. The largest absolute Gasteiger partial charge is 0.468 e. The van der Waals surface area contributed by atoms with Crippen molar-refractivity contribution in [2.75, 3.05) is 19.4 Å². The highest BCUT2D eigenvalue weighted by Gasteiger charge is 2.36. The van der Waals surface area contributed by atoms with Crippen LogP contribution in [-0.2, 0) is 26.0 Å². The standard InChI is InChI=1S/C14H20N2O4S/c1-20-14(17)13-4-2-3-10-16(13)21(18,19)11-7-12-5-8-15-9-6-12/h5-6,8-9,13H,2-4,7,10-11H2,1H3/t13-/m1/s1. The number of methoxy groups -OCH3 is 1. The second kappa shape index (κ2) is 7.00. The molecule has 7 heteroatoms. The van der Waals surface area contributed by atoms with Crippen molar-refractivity contribution in [2.24, 2.45) is 0 Å². The minimum atomic E-state index is -3.47. The molecule has 1 saturated heterocycles. The Balaban J connectivity index is 2.07. The summed E-state index contributed by atoms with van der Waals surface area (Å²) in [6, 6.07) is 2.92. The number of carbonyl (C=O) groups is 1. The molecule has 0 radical (unpaired) electrons. The van der Waals surface area contributed by atoms with Crippen molar-refractivity contribution in [3.8, 4) is 0 Å². The smallest absolute Gasteiger partial charge is 0.324 e. The second-order valence-corrected chi connectivity index (χ2v) is 7.11. The van der Waals surface area contributed by atoms with Gasteiger partial charge >= 0.3 is 5.97 Å². The monoisotopic (exact) mass is 312 g/mol. The Morgan fingerprint density at radius 1 is 1.38 bits per heavy atom. The van der Waals surface area contributed by atoms with Crippen LogP contribution in [0.4, 0.5) is 0 Å². The van der Waals surface area contributed by atoms with E-state index in [0.717, 1.165) is 18.4 Å². The summed E-state index contributed by atoms with van der Waals surface area (Å²) in [6.45, 7) is 0.387. The lowest BCUT2D eigenvalue weighted by Crippen LogP contribution is -2.49. The molecule has 0 amide bonds. The zero-order valence-electron chi connectivity index (χ0n) is 12.1. The van der Waals surface area contributed by atoms with Crippen molar-refractivity contribution in [1.29, 1.82) is 0 Å². The molecule has 1 atom stereocenters. The average Bonchev–Trinajstić information content (AvgIpc) is 2.53. The van der Waals surface area contributed by atoms with E-state index in [4.69, 9.17) is 4.74 Å². The minimum Gasteiger partial charge on any atom is -0.468 e. The molecular formula is C14H20N2O4S. The number of aromatic nitrogens is 1. The van der Waals surface area contributed by atoms with Gasteiger partial charge in [-0.05, 0) is 43.4 Å². The zero-order chi connectivity index (χ0) is 15.3. The summed E-state index contributed by atoms with van der Waals surface area (Å²) in [7, 11) is -2.18. The molecular weight excluding hydrogens is 292 g/mol. The van der Waals surface area contributed by atoms with Gasteiger partial charge in [-0.15, -0.1) is 0 Å². The number of aryl methyl sites for hydroxylation is 1. The first-order valence-electron chi connectivity index (χ1n) is 7.01. The maximum absolute atomic E-state index is 12.5. The van der Waals surface area contributed by atoms with Gasteiger partial charge in [0.05, 0.1) is 12.9 Å². The molecule has 0 bridgehead atoms. The Hall–Kier alpha value is -1.47. The molecule has 1 aliphatic heterocycles. The molecule has 1 aliphatic rings. The van der Waals surface area contributed by atoms with Crippen LogP contribution >= 0.6 is 0 Å². The van der Waals surface area contributed by atoms with Gasteiger partial charge in [0.25, 0.3) is 0 Å². The van der Waals surface area contributed by atoms with E-state index in [-0.39, 0.29) is 5.75 Å². The van der Waals surface area contributed by atoms with Gasteiger partial charge in [-0.2, -0.15) is 4.31 Å². The number of sulfonamides is 1. The number of hydrogen-bond donors (Lipinski definition) is 0. The van der Waals surface area contributed by atoms with Gasteiger partial charge in [-0.1, -0.05) is 0 Å². The van der Waals surface area contributed by atoms with Crippen molar-refractivity contribution in [2.45, 2.75) is 31.7 Å². The van der Waals surface area contributed by atoms with E-state index in [1.54, 1.807) is 24.5 Å². The maximum atomic E-state index is 12.5. The van der Waals surface area contributed by atoms with Crippen molar-refractivity contribution in [1.82, 2.24) is 9.29 Å². The molecule has 1 fully saturated rings. The highest BCUT2D eigenvalue weighted by molar-refractivity contribution is 7.89. The van der Waals surface area contributed by atoms with E-state index >= 15 is 0 Å². The fraction of sp³-hybridized carbons (Fsp3) is 0.571. The zero-order valence-corrected chi connectivity index (χ0v) is 12.9. The number of esters is 1. The summed E-state index contributed by atoms with van der Waals surface area (Å²) in [5.74, 6) is -0.480. The summed E-state index contributed by atoms with van der Waals surface area (Å²) in [6.07, 6.45) is 5.84. The van der Waals surface area contributed by atoms with Gasteiger partial charge in [0.2, 0.25) is 10.0 Å². The van der Waals surface area contributed by atoms with Crippen LogP contribution in [0.15, 0.2) is 24.5 Å². The molecule has 0 aliphatic carbocycles. The van der Waals surface area contributed by atoms with Gasteiger partial charge in [0, 0.05) is 18.9 Å². The summed E-state index contributed by atoms with van der Waals surface area (Å²) < 4.78 is 31.0. The number of hydrogen-bond acceptors (Lipinski definition) is 5. The molecule has 21 heavy (non-hydrogen) atoms. The van der Waals surface area contributed by atoms with Crippen molar-refractivity contribution in [3.63, 3.8) is 0 Å². The summed E-state index contributed by atoms with van der Waals surface area (Å²) in [5.41, 5.74) is 0.917. The third-order valence-corrected chi connectivity index (χ3v) is 5.55. The number of nitrogens with zero attached hydrogens (tertiary/aromatic N) is 2. The van der Waals surface area contributed by atoms with E-state index < -0.39 is 22.0 Å². The quantitative estimate of drug-likeness (QED) is 0.758. The second-order valence-electron chi connectivity index (χ2n) is 5.07. The lowest BCUT2D eigenvalue weighted by atomic mass is 10.1. The highest BCUT2D eigenvalue weighted by Crippen LogP contribution is 2.22. The van der Waals surface area contributed by atoms with E-state index in [9.17, 15) is 13.2 Å². The van der Waals surface area contributed by atoms with E-state index in [0.29, 0.717) is 19.4 Å². The van der Waals surface area contributed by atoms with Crippen LogP contribution in [0.1, 0.15) is 24.8 Å². The molecule has 0 N–H and O–H groups in total. The normalized spacial score (nSPS) is 20.1. The Morgan fingerprint density at radius 3 is 2.76 bits per heavy atom. The summed E-state index contributed by atoms with van der Waals surface area (Å²) in [4.78, 5) is 15.7. The topological polar surface area (TPSA) is 76.6 Å². The Bertz CT molecular complexity index is 574. The van der Waals surface area contributed by atoms with Crippen LogP contribution in [0, 0.1) is 0 Å². The number of piperidine rings is 1. The maximum Gasteiger partial charge on any atom is 0.324 e. The molecule has 1 aromatic heterocycles. The van der Waals surface area contributed by atoms with E-state index in [1.807, 2.05) is 0 Å². The van der Waals surface area contributed by atoms with Gasteiger partial charge in [-0.3, -0.25) is 9.78 Å². The molecule has 2 rings (SSSR count). The first kappa shape index (κ1) is 15.9. The Kier molecular flexibility index (Phi) is 5.30. The van der Waals surface area contributed by atoms with Crippen LogP contribution in [0.2, 0.25) is 0 Å². The predicted molar refractivity (Wildman–Crippen MR) is 78.1 cm³/mol. The molecule has 116 valence electrons. The lowest BCUT2D eigenvalue weighted by molar-refractivity contribution is -0.146. The van der Waals surface area contributed by atoms with E-state index in [2.05, 4.69) is 4.98 Å². The van der Waals surface area contributed by atoms with Gasteiger partial charge in [0.15, 0.2) is 0 Å². The van der Waals surface area contributed by atoms with Crippen molar-refractivity contribution in [3.05, 3.63) is 30.1 Å². The molecule has 1 aromatic rings. The fourth-order valence-electron chi connectivity index (χ4n) is 2.52. The Morgan fingerprint density at radius 2 is 2.10 bits per heavy atom. The summed E-state index contributed by atoms with van der Waals surface area (Å²) >= 11 is 0. The molecule has 0 spiro atoms. The van der Waals surface area contributed by atoms with Gasteiger partial charge in [-0.25, -0.2) is 8.42 Å². The van der Waals surface area contributed by atoms with Crippen LogP contribution in [0.3, 0.4) is 0 Å². The van der Waals surface area contributed by atoms with Gasteiger partial charge < -0.3 is 4.74 Å². The van der Waals surface area contributed by atoms with Crippen LogP contribution in [-0.4, -0.2) is 49.1 Å². The molecule has 2 heterocycles. The third kappa shape index (κ3) is 4.01. The first-order chi connectivity index (χ1) is 10.0. The number of carbonyl (C=O) groups excluding carboxylic acids is 1. The molecule has 0 aromatic carbocycles. The number of ether oxygens (including phenoxy) is 1.